The van der Waals surface area contributed by atoms with Gasteiger partial charge in [-0.2, -0.15) is 0 Å². The molecule has 2 aromatic rings. The number of hydrogen-bond donors (Lipinski definition) is 1. The Morgan fingerprint density at radius 1 is 1.10 bits per heavy atom. The highest BCUT2D eigenvalue weighted by molar-refractivity contribution is 9.10. The fourth-order valence-electron chi connectivity index (χ4n) is 3.37. The molecule has 2 aromatic carbocycles. The second kappa shape index (κ2) is 10.9. The van der Waals surface area contributed by atoms with Crippen molar-refractivity contribution in [3.8, 4) is 5.75 Å². The van der Waals surface area contributed by atoms with Crippen LogP contribution in [0, 0.1) is 5.92 Å². The van der Waals surface area contributed by atoms with Gasteiger partial charge in [-0.15, -0.1) is 0 Å². The molecule has 7 nitrogen and oxygen atoms in total. The fraction of sp³-hybridized carbons (Fsp3) is 0.348. The highest BCUT2D eigenvalue weighted by atomic mass is 79.9. The molecule has 1 saturated heterocycles. The van der Waals surface area contributed by atoms with Crippen LogP contribution in [0.3, 0.4) is 0 Å². The SMILES string of the molecule is CCOC(=O)COc1cccc(NC(=O)C2CCN(C(=O)c3ccc(Br)cc3)CC2)c1. The Morgan fingerprint density at radius 2 is 1.81 bits per heavy atom. The number of piperidine rings is 1. The number of benzene rings is 2. The van der Waals surface area contributed by atoms with Gasteiger partial charge in [0, 0.05) is 40.8 Å². The summed E-state index contributed by atoms with van der Waals surface area (Å²) in [7, 11) is 0. The van der Waals surface area contributed by atoms with Crippen LogP contribution < -0.4 is 10.1 Å². The Morgan fingerprint density at radius 3 is 2.48 bits per heavy atom. The Kier molecular flexibility index (Phi) is 8.06. The van der Waals surface area contributed by atoms with E-state index in [0.29, 0.717) is 49.5 Å². The number of likely N-dealkylation sites (tertiary alicyclic amines) is 1. The molecule has 0 atom stereocenters. The lowest BCUT2D eigenvalue weighted by Gasteiger charge is -2.31. The molecule has 0 spiro atoms. The third-order valence-electron chi connectivity index (χ3n) is 5.01. The third kappa shape index (κ3) is 6.55. The van der Waals surface area contributed by atoms with Crippen LogP contribution in [0.2, 0.25) is 0 Å². The van der Waals surface area contributed by atoms with E-state index >= 15 is 0 Å². The Labute approximate surface area is 189 Å². The van der Waals surface area contributed by atoms with Crippen LogP contribution in [-0.2, 0) is 14.3 Å². The van der Waals surface area contributed by atoms with Gasteiger partial charge in [-0.05, 0) is 56.2 Å². The van der Waals surface area contributed by atoms with Gasteiger partial charge in [0.1, 0.15) is 5.75 Å². The molecule has 2 amide bonds. The predicted octanol–water partition coefficient (Wildman–Crippen LogP) is 3.88. The Hall–Kier alpha value is -2.87. The largest absolute Gasteiger partial charge is 0.482 e. The first-order valence-electron chi connectivity index (χ1n) is 10.2. The second-order valence-electron chi connectivity index (χ2n) is 7.18. The maximum Gasteiger partial charge on any atom is 0.344 e. The number of carbonyl (C=O) groups is 3. The van der Waals surface area contributed by atoms with Gasteiger partial charge in [0.25, 0.3) is 5.91 Å². The molecule has 0 radical (unpaired) electrons. The van der Waals surface area contributed by atoms with Crippen LogP contribution in [0.25, 0.3) is 0 Å². The normalized spacial score (nSPS) is 14.1. The first kappa shape index (κ1) is 22.8. The van der Waals surface area contributed by atoms with E-state index in [4.69, 9.17) is 9.47 Å². The van der Waals surface area contributed by atoms with E-state index in [9.17, 15) is 14.4 Å². The van der Waals surface area contributed by atoms with Gasteiger partial charge in [0.15, 0.2) is 6.61 Å². The summed E-state index contributed by atoms with van der Waals surface area (Å²) in [5.74, 6) is -0.240. The third-order valence-corrected chi connectivity index (χ3v) is 5.54. The molecule has 1 heterocycles. The number of anilines is 1. The summed E-state index contributed by atoms with van der Waals surface area (Å²) in [5.41, 5.74) is 1.24. The van der Waals surface area contributed by atoms with Crippen molar-refractivity contribution in [1.29, 1.82) is 0 Å². The number of nitrogens with one attached hydrogen (secondary N) is 1. The van der Waals surface area contributed by atoms with Crippen LogP contribution in [0.15, 0.2) is 53.0 Å². The van der Waals surface area contributed by atoms with Crippen LogP contribution >= 0.6 is 15.9 Å². The maximum absolute atomic E-state index is 12.7. The Balaban J connectivity index is 1.49. The molecule has 164 valence electrons. The fourth-order valence-corrected chi connectivity index (χ4v) is 3.64. The first-order chi connectivity index (χ1) is 15.0. The van der Waals surface area contributed by atoms with Crippen molar-refractivity contribution < 1.29 is 23.9 Å². The molecule has 0 saturated carbocycles. The monoisotopic (exact) mass is 488 g/mol. The van der Waals surface area contributed by atoms with Crippen molar-refractivity contribution in [3.63, 3.8) is 0 Å². The number of nitrogens with zero attached hydrogens (tertiary/aromatic N) is 1. The maximum atomic E-state index is 12.7. The zero-order valence-corrected chi connectivity index (χ0v) is 18.9. The highest BCUT2D eigenvalue weighted by Gasteiger charge is 2.28. The first-order valence-corrected chi connectivity index (χ1v) is 11.0. The van der Waals surface area contributed by atoms with Crippen molar-refractivity contribution in [2.45, 2.75) is 19.8 Å². The molecule has 0 aromatic heterocycles. The summed E-state index contributed by atoms with van der Waals surface area (Å²) in [6, 6.07) is 14.2. The summed E-state index contributed by atoms with van der Waals surface area (Å²) in [4.78, 5) is 38.5. The minimum Gasteiger partial charge on any atom is -0.482 e. The number of amides is 2. The molecule has 1 aliphatic rings. The molecule has 31 heavy (non-hydrogen) atoms. The zero-order chi connectivity index (χ0) is 22.2. The summed E-state index contributed by atoms with van der Waals surface area (Å²) in [6.45, 7) is 2.92. The van der Waals surface area contributed by atoms with Gasteiger partial charge in [-0.1, -0.05) is 22.0 Å². The molecule has 1 aliphatic heterocycles. The predicted molar refractivity (Wildman–Crippen MR) is 120 cm³/mol. The summed E-state index contributed by atoms with van der Waals surface area (Å²) < 4.78 is 11.2. The summed E-state index contributed by atoms with van der Waals surface area (Å²) in [5, 5.41) is 2.90. The zero-order valence-electron chi connectivity index (χ0n) is 17.3. The lowest BCUT2D eigenvalue weighted by molar-refractivity contribution is -0.145. The molecular formula is C23H25BrN2O5. The molecule has 1 N–H and O–H groups in total. The van der Waals surface area contributed by atoms with Gasteiger partial charge in [-0.25, -0.2) is 4.79 Å². The standard InChI is InChI=1S/C23H25BrN2O5/c1-2-30-21(27)15-31-20-5-3-4-19(14-20)25-22(28)16-10-12-26(13-11-16)23(29)17-6-8-18(24)9-7-17/h3-9,14,16H,2,10-13,15H2,1H3,(H,25,28). The van der Waals surface area contributed by atoms with E-state index < -0.39 is 5.97 Å². The lowest BCUT2D eigenvalue weighted by atomic mass is 9.95. The van der Waals surface area contributed by atoms with Crippen LogP contribution in [0.5, 0.6) is 5.75 Å². The molecule has 0 unspecified atom stereocenters. The molecule has 0 aliphatic carbocycles. The number of halogens is 1. The number of esters is 1. The summed E-state index contributed by atoms with van der Waals surface area (Å²) in [6.07, 6.45) is 1.21. The van der Waals surface area contributed by atoms with Crippen LogP contribution in [0.1, 0.15) is 30.1 Å². The van der Waals surface area contributed by atoms with Gasteiger partial charge in [0.2, 0.25) is 5.91 Å². The van der Waals surface area contributed by atoms with Crippen LogP contribution in [-0.4, -0.2) is 49.0 Å². The highest BCUT2D eigenvalue weighted by Crippen LogP contribution is 2.23. The second-order valence-corrected chi connectivity index (χ2v) is 8.10. The molecule has 8 heteroatoms. The molecule has 1 fully saturated rings. The van der Waals surface area contributed by atoms with Crippen molar-refractivity contribution in [1.82, 2.24) is 4.90 Å². The van der Waals surface area contributed by atoms with Gasteiger partial charge in [-0.3, -0.25) is 9.59 Å². The average molecular weight is 489 g/mol. The number of hydrogen-bond acceptors (Lipinski definition) is 5. The number of ether oxygens (including phenoxy) is 2. The number of carbonyl (C=O) groups excluding carboxylic acids is 3. The van der Waals surface area contributed by atoms with E-state index in [2.05, 4.69) is 21.2 Å². The van der Waals surface area contributed by atoms with Gasteiger partial charge >= 0.3 is 5.97 Å². The quantitative estimate of drug-likeness (QED) is 0.597. The van der Waals surface area contributed by atoms with Crippen LogP contribution in [0.4, 0.5) is 5.69 Å². The van der Waals surface area contributed by atoms with E-state index in [1.54, 1.807) is 48.2 Å². The van der Waals surface area contributed by atoms with Crippen molar-refractivity contribution in [2.75, 3.05) is 31.6 Å². The van der Waals surface area contributed by atoms with Crippen molar-refractivity contribution in [3.05, 3.63) is 58.6 Å². The minimum atomic E-state index is -0.443. The van der Waals surface area contributed by atoms with Gasteiger partial charge in [0.05, 0.1) is 6.61 Å². The molecule has 3 rings (SSSR count). The topological polar surface area (TPSA) is 84.9 Å². The van der Waals surface area contributed by atoms with E-state index in [0.717, 1.165) is 4.47 Å². The van der Waals surface area contributed by atoms with E-state index in [1.807, 2.05) is 12.1 Å². The molecular weight excluding hydrogens is 464 g/mol. The minimum absolute atomic E-state index is 0.0159. The summed E-state index contributed by atoms with van der Waals surface area (Å²) >= 11 is 3.37. The number of rotatable bonds is 7. The lowest BCUT2D eigenvalue weighted by Crippen LogP contribution is -2.41. The average Bonchev–Trinajstić information content (AvgIpc) is 2.78. The Bertz CT molecular complexity index is 924. The van der Waals surface area contributed by atoms with Crippen molar-refractivity contribution >= 4 is 39.4 Å². The van der Waals surface area contributed by atoms with Gasteiger partial charge < -0.3 is 19.7 Å². The van der Waals surface area contributed by atoms with E-state index in [1.165, 1.54) is 0 Å². The van der Waals surface area contributed by atoms with Crippen molar-refractivity contribution in [2.24, 2.45) is 5.92 Å². The smallest absolute Gasteiger partial charge is 0.344 e. The van der Waals surface area contributed by atoms with E-state index in [-0.39, 0.29) is 24.3 Å². The molecule has 0 bridgehead atoms.